The van der Waals surface area contributed by atoms with Crippen molar-refractivity contribution in [1.82, 2.24) is 19.8 Å². The summed E-state index contributed by atoms with van der Waals surface area (Å²) >= 11 is 0. The number of nitrogens with zero attached hydrogens (tertiary/aromatic N) is 5. The van der Waals surface area contributed by atoms with Crippen LogP contribution in [-0.4, -0.2) is 76.9 Å². The molecule has 28 heavy (non-hydrogen) atoms. The van der Waals surface area contributed by atoms with Gasteiger partial charge in [0, 0.05) is 68.5 Å². The van der Waals surface area contributed by atoms with Gasteiger partial charge in [0.2, 0.25) is 5.95 Å². The van der Waals surface area contributed by atoms with Crippen molar-refractivity contribution >= 4 is 11.7 Å². The van der Waals surface area contributed by atoms with Crippen LogP contribution in [0.2, 0.25) is 0 Å². The van der Waals surface area contributed by atoms with E-state index < -0.39 is 0 Å². The normalized spacial score (nSPS) is 34.4. The van der Waals surface area contributed by atoms with E-state index in [1.54, 1.807) is 6.92 Å². The van der Waals surface area contributed by atoms with Crippen LogP contribution in [0.1, 0.15) is 56.9 Å². The highest BCUT2D eigenvalue weighted by Crippen LogP contribution is 2.36. The molecule has 0 amide bonds. The molecule has 2 atom stereocenters. The van der Waals surface area contributed by atoms with E-state index in [0.717, 1.165) is 45.0 Å². The second kappa shape index (κ2) is 7.38. The van der Waals surface area contributed by atoms with Crippen LogP contribution in [0.15, 0.2) is 12.4 Å². The average molecular weight is 384 g/mol. The maximum atomic E-state index is 11.6. The molecule has 0 N–H and O–H groups in total. The number of ketones is 1. The summed E-state index contributed by atoms with van der Waals surface area (Å²) in [4.78, 5) is 28.6. The molecule has 4 fully saturated rings. The van der Waals surface area contributed by atoms with Gasteiger partial charge in [-0.2, -0.15) is 0 Å². The first-order valence-electron chi connectivity index (χ1n) is 11.1. The molecular formula is C22H33N5O. The van der Waals surface area contributed by atoms with E-state index in [2.05, 4.69) is 34.1 Å². The summed E-state index contributed by atoms with van der Waals surface area (Å²) in [5.74, 6) is 2.21. The Labute approximate surface area is 168 Å². The predicted molar refractivity (Wildman–Crippen MR) is 110 cm³/mol. The Hall–Kier alpha value is -1.53. The van der Waals surface area contributed by atoms with Crippen molar-refractivity contribution in [2.45, 2.75) is 69.5 Å². The summed E-state index contributed by atoms with van der Waals surface area (Å²) < 4.78 is 0. The fourth-order valence-electron chi connectivity index (χ4n) is 5.98. The van der Waals surface area contributed by atoms with Gasteiger partial charge in [0.15, 0.2) is 0 Å². The van der Waals surface area contributed by atoms with Crippen molar-refractivity contribution in [3.8, 4) is 0 Å². The highest BCUT2D eigenvalue weighted by molar-refractivity contribution is 5.78. The topological polar surface area (TPSA) is 52.6 Å². The minimum absolute atomic E-state index is 0.319. The SMILES string of the molecule is CC(=O)C1CCC(N2CC(c3cnc(N4C5CCC4CN(C)C5)nc3)C2)CC1. The molecule has 0 spiro atoms. The second-order valence-electron chi connectivity index (χ2n) is 9.60. The number of carbonyl (C=O) groups is 1. The highest BCUT2D eigenvalue weighted by Gasteiger charge is 2.40. The van der Waals surface area contributed by atoms with Crippen LogP contribution >= 0.6 is 0 Å². The maximum Gasteiger partial charge on any atom is 0.225 e. The van der Waals surface area contributed by atoms with E-state index in [9.17, 15) is 4.79 Å². The molecule has 152 valence electrons. The summed E-state index contributed by atoms with van der Waals surface area (Å²) in [5.41, 5.74) is 1.29. The summed E-state index contributed by atoms with van der Waals surface area (Å²) in [6.45, 7) is 6.26. The number of hydrogen-bond acceptors (Lipinski definition) is 6. The van der Waals surface area contributed by atoms with Gasteiger partial charge in [0.25, 0.3) is 0 Å². The largest absolute Gasteiger partial charge is 0.332 e. The van der Waals surface area contributed by atoms with E-state index in [-0.39, 0.29) is 0 Å². The van der Waals surface area contributed by atoms with Gasteiger partial charge >= 0.3 is 0 Å². The number of anilines is 1. The number of Topliss-reactive ketones (excluding diaryl/α,β-unsaturated/α-hetero) is 1. The number of fused-ring (bicyclic) bond motifs is 2. The molecule has 6 nitrogen and oxygen atoms in total. The molecule has 0 radical (unpaired) electrons. The van der Waals surface area contributed by atoms with Gasteiger partial charge in [0.1, 0.15) is 5.78 Å². The summed E-state index contributed by atoms with van der Waals surface area (Å²) in [6.07, 6.45) is 11.2. The Bertz CT molecular complexity index is 694. The lowest BCUT2D eigenvalue weighted by Gasteiger charge is -2.46. The van der Waals surface area contributed by atoms with Crippen molar-refractivity contribution in [2.24, 2.45) is 5.92 Å². The van der Waals surface area contributed by atoms with Gasteiger partial charge in [-0.3, -0.25) is 9.69 Å². The molecule has 2 bridgehead atoms. The Kier molecular flexibility index (Phi) is 4.87. The second-order valence-corrected chi connectivity index (χ2v) is 9.60. The molecule has 1 aromatic rings. The van der Waals surface area contributed by atoms with Gasteiger partial charge in [-0.15, -0.1) is 0 Å². The van der Waals surface area contributed by atoms with Crippen molar-refractivity contribution in [2.75, 3.05) is 38.1 Å². The number of rotatable bonds is 4. The Morgan fingerprint density at radius 2 is 1.46 bits per heavy atom. The van der Waals surface area contributed by atoms with Gasteiger partial charge in [0.05, 0.1) is 0 Å². The molecule has 1 saturated carbocycles. The first-order valence-corrected chi connectivity index (χ1v) is 11.1. The molecule has 6 heteroatoms. The number of hydrogen-bond donors (Lipinski definition) is 0. The number of likely N-dealkylation sites (N-methyl/N-ethyl adjacent to an activating group) is 1. The van der Waals surface area contributed by atoms with Crippen LogP contribution in [0.4, 0.5) is 5.95 Å². The van der Waals surface area contributed by atoms with Crippen LogP contribution in [0.5, 0.6) is 0 Å². The molecule has 4 aliphatic rings. The number of piperazine rings is 1. The molecule has 1 aromatic heterocycles. The van der Waals surface area contributed by atoms with Crippen LogP contribution in [0.25, 0.3) is 0 Å². The van der Waals surface area contributed by atoms with E-state index >= 15 is 0 Å². The third kappa shape index (κ3) is 3.35. The van der Waals surface area contributed by atoms with E-state index in [1.165, 1.54) is 31.2 Å². The van der Waals surface area contributed by atoms with Crippen molar-refractivity contribution in [3.63, 3.8) is 0 Å². The number of aromatic nitrogens is 2. The van der Waals surface area contributed by atoms with Gasteiger partial charge in [-0.25, -0.2) is 9.97 Å². The smallest absolute Gasteiger partial charge is 0.225 e. The minimum atomic E-state index is 0.319. The quantitative estimate of drug-likeness (QED) is 0.795. The fraction of sp³-hybridized carbons (Fsp3) is 0.773. The fourth-order valence-corrected chi connectivity index (χ4v) is 5.98. The average Bonchev–Trinajstić information content (AvgIpc) is 2.93. The Balaban J connectivity index is 1.16. The third-order valence-electron chi connectivity index (χ3n) is 7.72. The third-order valence-corrected chi connectivity index (χ3v) is 7.72. The molecule has 2 unspecified atom stereocenters. The summed E-state index contributed by atoms with van der Waals surface area (Å²) in [7, 11) is 2.22. The van der Waals surface area contributed by atoms with Crippen LogP contribution in [-0.2, 0) is 4.79 Å². The molecule has 4 heterocycles. The van der Waals surface area contributed by atoms with E-state index in [0.29, 0.717) is 35.7 Å². The molecular weight excluding hydrogens is 350 g/mol. The number of likely N-dealkylation sites (tertiary alicyclic amines) is 2. The number of carbonyl (C=O) groups excluding carboxylic acids is 1. The minimum Gasteiger partial charge on any atom is -0.332 e. The van der Waals surface area contributed by atoms with Gasteiger partial charge in [-0.05, 0) is 58.1 Å². The van der Waals surface area contributed by atoms with Crippen LogP contribution in [0.3, 0.4) is 0 Å². The predicted octanol–water partition coefficient (Wildman–Crippen LogP) is 2.31. The summed E-state index contributed by atoms with van der Waals surface area (Å²) in [5, 5.41) is 0. The van der Waals surface area contributed by atoms with Gasteiger partial charge < -0.3 is 9.80 Å². The lowest BCUT2D eigenvalue weighted by atomic mass is 9.81. The van der Waals surface area contributed by atoms with E-state index in [4.69, 9.17) is 9.97 Å². The van der Waals surface area contributed by atoms with Crippen molar-refractivity contribution in [1.29, 1.82) is 0 Å². The maximum absolute atomic E-state index is 11.6. The van der Waals surface area contributed by atoms with Crippen LogP contribution < -0.4 is 4.90 Å². The van der Waals surface area contributed by atoms with Crippen LogP contribution in [0, 0.1) is 5.92 Å². The lowest BCUT2D eigenvalue weighted by Crippen LogP contribution is -2.53. The van der Waals surface area contributed by atoms with Crippen molar-refractivity contribution < 1.29 is 4.79 Å². The zero-order chi connectivity index (χ0) is 19.3. The van der Waals surface area contributed by atoms with Crippen molar-refractivity contribution in [3.05, 3.63) is 18.0 Å². The molecule has 3 saturated heterocycles. The monoisotopic (exact) mass is 383 g/mol. The molecule has 1 aliphatic carbocycles. The van der Waals surface area contributed by atoms with E-state index in [1.807, 2.05) is 0 Å². The highest BCUT2D eigenvalue weighted by atomic mass is 16.1. The molecule has 0 aromatic carbocycles. The van der Waals surface area contributed by atoms with Gasteiger partial charge in [-0.1, -0.05) is 0 Å². The Morgan fingerprint density at radius 3 is 2.04 bits per heavy atom. The molecule has 3 aliphatic heterocycles. The zero-order valence-electron chi connectivity index (χ0n) is 17.3. The zero-order valence-corrected chi connectivity index (χ0v) is 17.3. The molecule has 5 rings (SSSR count). The first kappa shape index (κ1) is 18.5. The standard InChI is InChI=1S/C22H33N5O/c1-15(28)16-3-5-19(6-4-16)26-11-18(12-26)17-9-23-22(24-10-17)27-20-7-8-21(27)14-25(2)13-20/h9-10,16,18-21H,3-8,11-14H2,1-2H3. The Morgan fingerprint density at radius 1 is 0.893 bits per heavy atom. The summed E-state index contributed by atoms with van der Waals surface area (Å²) in [6, 6.07) is 1.84. The lowest BCUT2D eigenvalue weighted by molar-refractivity contribution is -0.122. The first-order chi connectivity index (χ1) is 13.6.